The molecule has 0 bridgehead atoms. The first-order chi connectivity index (χ1) is 15.3. The van der Waals surface area contributed by atoms with Crippen molar-refractivity contribution in [2.75, 3.05) is 0 Å². The van der Waals surface area contributed by atoms with Crippen LogP contribution in [0.4, 0.5) is 0 Å². The lowest BCUT2D eigenvalue weighted by molar-refractivity contribution is 0.594. The van der Waals surface area contributed by atoms with E-state index in [1.54, 1.807) is 91.0 Å². The normalized spacial score (nSPS) is 11.9. The molecule has 0 saturated heterocycles. The summed E-state index contributed by atoms with van der Waals surface area (Å²) in [5, 5.41) is 0. The van der Waals surface area contributed by atoms with Crippen molar-refractivity contribution >= 4 is 44.1 Å². The third-order valence-corrected chi connectivity index (χ3v) is 9.59. The summed E-state index contributed by atoms with van der Waals surface area (Å²) in [5.41, 5.74) is 0. The van der Waals surface area contributed by atoms with Gasteiger partial charge in [0.15, 0.2) is 0 Å². The summed E-state index contributed by atoms with van der Waals surface area (Å²) in [5.74, 6) is 0. The van der Waals surface area contributed by atoms with Gasteiger partial charge in [0.05, 0.1) is 19.6 Å². The lowest BCUT2D eigenvalue weighted by Crippen LogP contribution is -2.01. The molecule has 0 radical (unpaired) electrons. The molecule has 0 saturated carbocycles. The third kappa shape index (κ3) is 4.78. The summed E-state index contributed by atoms with van der Waals surface area (Å²) in [4.78, 5) is 3.27. The van der Waals surface area contributed by atoms with Crippen LogP contribution in [0.3, 0.4) is 0 Å². The van der Waals surface area contributed by atoms with E-state index in [0.717, 1.165) is 9.79 Å². The maximum absolute atomic E-state index is 12.8. The van der Waals surface area contributed by atoms with E-state index in [2.05, 4.69) is 12.6 Å². The van der Waals surface area contributed by atoms with Gasteiger partial charge in [-0.2, -0.15) is 0 Å². The molecule has 4 nitrogen and oxygen atoms in total. The van der Waals surface area contributed by atoms with E-state index in [-0.39, 0.29) is 19.6 Å². The fourth-order valence-electron chi connectivity index (χ4n) is 3.01. The zero-order valence-electron chi connectivity index (χ0n) is 16.6. The monoisotopic (exact) mass is 498 g/mol. The predicted molar refractivity (Wildman–Crippen MR) is 128 cm³/mol. The van der Waals surface area contributed by atoms with Crippen LogP contribution in [0.15, 0.2) is 137 Å². The summed E-state index contributed by atoms with van der Waals surface area (Å²) in [7, 11) is -7.16. The highest BCUT2D eigenvalue weighted by atomic mass is 32.2. The van der Waals surface area contributed by atoms with Crippen LogP contribution in [0, 0.1) is 0 Å². The van der Waals surface area contributed by atoms with Crippen LogP contribution in [0.2, 0.25) is 0 Å². The number of benzene rings is 4. The van der Waals surface area contributed by atoms with Crippen LogP contribution in [0.5, 0.6) is 0 Å². The van der Waals surface area contributed by atoms with Crippen LogP contribution in [0.25, 0.3) is 0 Å². The molecule has 4 aromatic carbocycles. The van der Waals surface area contributed by atoms with Crippen molar-refractivity contribution in [1.29, 1.82) is 0 Å². The standard InChI is InChI=1S/C24H18O4S4/c25-31(26,21-4-2-1-3-5-21)23-14-8-19(9-15-23)30-20-10-16-24(17-11-20)32(27,28)22-12-6-18(29)7-13-22/h1-17,29H. The van der Waals surface area contributed by atoms with Gasteiger partial charge < -0.3 is 0 Å². The molecule has 4 rings (SSSR count). The summed E-state index contributed by atoms with van der Waals surface area (Å²) < 4.78 is 51.0. The Bertz CT molecular complexity index is 1430. The molecular formula is C24H18O4S4. The predicted octanol–water partition coefficient (Wildman–Crippen LogP) is 5.79. The molecule has 0 amide bonds. The molecule has 32 heavy (non-hydrogen) atoms. The number of hydrogen-bond donors (Lipinski definition) is 1. The molecule has 0 fully saturated rings. The van der Waals surface area contributed by atoms with Gasteiger partial charge in [-0.05, 0) is 84.9 Å². The van der Waals surface area contributed by atoms with E-state index in [9.17, 15) is 16.8 Å². The number of thiol groups is 1. The lowest BCUT2D eigenvalue weighted by atomic mass is 10.4. The van der Waals surface area contributed by atoms with E-state index in [1.807, 2.05) is 0 Å². The Kier molecular flexibility index (Phi) is 6.48. The Morgan fingerprint density at radius 3 is 1.22 bits per heavy atom. The largest absolute Gasteiger partial charge is 0.219 e. The first-order valence-electron chi connectivity index (χ1n) is 9.49. The van der Waals surface area contributed by atoms with Gasteiger partial charge in [-0.25, -0.2) is 16.8 Å². The van der Waals surface area contributed by atoms with Crippen LogP contribution < -0.4 is 0 Å². The molecule has 0 atom stereocenters. The van der Waals surface area contributed by atoms with E-state index in [1.165, 1.54) is 23.9 Å². The fourth-order valence-corrected chi connectivity index (χ4v) is 6.52. The molecule has 4 aromatic rings. The second kappa shape index (κ2) is 9.15. The van der Waals surface area contributed by atoms with Gasteiger partial charge in [0.1, 0.15) is 0 Å². The van der Waals surface area contributed by atoms with Gasteiger partial charge in [0, 0.05) is 14.7 Å². The smallest absolute Gasteiger partial charge is 0.206 e. The number of hydrogen-bond acceptors (Lipinski definition) is 6. The molecule has 162 valence electrons. The van der Waals surface area contributed by atoms with Gasteiger partial charge in [0.25, 0.3) is 0 Å². The van der Waals surface area contributed by atoms with E-state index < -0.39 is 19.7 Å². The highest BCUT2D eigenvalue weighted by molar-refractivity contribution is 7.99. The minimum atomic E-state index is -3.60. The zero-order valence-corrected chi connectivity index (χ0v) is 20.0. The van der Waals surface area contributed by atoms with Gasteiger partial charge in [-0.3, -0.25) is 0 Å². The van der Waals surface area contributed by atoms with Gasteiger partial charge in [-0.15, -0.1) is 12.6 Å². The second-order valence-electron chi connectivity index (χ2n) is 6.86. The molecule has 0 spiro atoms. The SMILES string of the molecule is O=S(=O)(c1ccccc1)c1ccc(Sc2ccc(S(=O)(=O)c3ccc(S)cc3)cc2)cc1. The van der Waals surface area contributed by atoms with E-state index >= 15 is 0 Å². The lowest BCUT2D eigenvalue weighted by Gasteiger charge is -2.08. The molecule has 0 unspecified atom stereocenters. The summed E-state index contributed by atoms with van der Waals surface area (Å²) in [6.07, 6.45) is 0. The highest BCUT2D eigenvalue weighted by Gasteiger charge is 2.18. The number of sulfone groups is 2. The van der Waals surface area contributed by atoms with E-state index in [4.69, 9.17) is 0 Å². The first-order valence-corrected chi connectivity index (χ1v) is 13.7. The summed E-state index contributed by atoms with van der Waals surface area (Å²) in [6.45, 7) is 0. The van der Waals surface area contributed by atoms with Crippen LogP contribution in [-0.4, -0.2) is 16.8 Å². The van der Waals surface area contributed by atoms with Crippen molar-refractivity contribution in [2.24, 2.45) is 0 Å². The number of rotatable bonds is 6. The molecule has 0 aromatic heterocycles. The van der Waals surface area contributed by atoms with Crippen LogP contribution in [0.1, 0.15) is 0 Å². The van der Waals surface area contributed by atoms with Gasteiger partial charge in [-0.1, -0.05) is 30.0 Å². The van der Waals surface area contributed by atoms with Gasteiger partial charge in [0.2, 0.25) is 19.7 Å². The Hall–Kier alpha value is -2.52. The fraction of sp³-hybridized carbons (Fsp3) is 0. The Morgan fingerprint density at radius 1 is 0.469 bits per heavy atom. The van der Waals surface area contributed by atoms with Gasteiger partial charge >= 0.3 is 0 Å². The first kappa shape index (κ1) is 22.7. The quantitative estimate of drug-likeness (QED) is 0.341. The Morgan fingerprint density at radius 2 is 0.812 bits per heavy atom. The molecule has 0 aliphatic heterocycles. The Balaban J connectivity index is 1.51. The topological polar surface area (TPSA) is 68.3 Å². The van der Waals surface area contributed by atoms with Crippen molar-refractivity contribution in [3.63, 3.8) is 0 Å². The maximum Gasteiger partial charge on any atom is 0.206 e. The average molecular weight is 499 g/mol. The molecule has 0 heterocycles. The van der Waals surface area contributed by atoms with Crippen LogP contribution >= 0.6 is 24.4 Å². The molecule has 8 heteroatoms. The van der Waals surface area contributed by atoms with Crippen molar-refractivity contribution in [3.8, 4) is 0 Å². The van der Waals surface area contributed by atoms with E-state index in [0.29, 0.717) is 4.90 Å². The third-order valence-electron chi connectivity index (χ3n) is 4.70. The molecule has 0 N–H and O–H groups in total. The second-order valence-corrected chi connectivity index (χ2v) is 12.4. The zero-order chi connectivity index (χ0) is 22.8. The minimum Gasteiger partial charge on any atom is -0.219 e. The molecular weight excluding hydrogens is 481 g/mol. The van der Waals surface area contributed by atoms with Crippen molar-refractivity contribution in [2.45, 2.75) is 34.3 Å². The molecule has 0 aliphatic rings. The highest BCUT2D eigenvalue weighted by Crippen LogP contribution is 2.31. The summed E-state index contributed by atoms with van der Waals surface area (Å²) >= 11 is 5.61. The maximum atomic E-state index is 12.8. The Labute approximate surface area is 197 Å². The minimum absolute atomic E-state index is 0.207. The van der Waals surface area contributed by atoms with Crippen molar-refractivity contribution in [3.05, 3.63) is 103 Å². The summed E-state index contributed by atoms with van der Waals surface area (Å²) in [6, 6.07) is 27.9. The molecule has 0 aliphatic carbocycles. The van der Waals surface area contributed by atoms with Crippen molar-refractivity contribution in [1.82, 2.24) is 0 Å². The van der Waals surface area contributed by atoms with Crippen molar-refractivity contribution < 1.29 is 16.8 Å². The average Bonchev–Trinajstić information content (AvgIpc) is 2.81. The van der Waals surface area contributed by atoms with Crippen LogP contribution in [-0.2, 0) is 19.7 Å².